The minimum atomic E-state index is -0.756. The zero-order valence-corrected chi connectivity index (χ0v) is 15.1. The van der Waals surface area contributed by atoms with E-state index in [0.717, 1.165) is 5.56 Å². The van der Waals surface area contributed by atoms with Crippen LogP contribution in [0.4, 0.5) is 0 Å². The molecule has 0 heterocycles. The molecule has 1 aromatic rings. The second-order valence-electron chi connectivity index (χ2n) is 5.63. The highest BCUT2D eigenvalue weighted by Gasteiger charge is 2.22. The van der Waals surface area contributed by atoms with Gasteiger partial charge in [-0.2, -0.15) is 0 Å². The molecule has 130 valence electrons. The lowest BCUT2D eigenvalue weighted by atomic mass is 10.2. The Balaban J connectivity index is 2.52. The van der Waals surface area contributed by atoms with Gasteiger partial charge in [0.1, 0.15) is 17.1 Å². The van der Waals surface area contributed by atoms with Crippen LogP contribution in [0.25, 0.3) is 0 Å². The predicted octanol–water partition coefficient (Wildman–Crippen LogP) is 0.939. The Morgan fingerprint density at radius 1 is 0.833 bits per heavy atom. The number of benzene rings is 1. The van der Waals surface area contributed by atoms with E-state index in [4.69, 9.17) is 12.2 Å². The third-order valence-corrected chi connectivity index (χ3v) is 3.85. The van der Waals surface area contributed by atoms with Gasteiger partial charge >= 0.3 is 0 Å². The summed E-state index contributed by atoms with van der Waals surface area (Å²) in [6.07, 6.45) is 0. The molecule has 0 aliphatic heterocycles. The van der Waals surface area contributed by atoms with Crippen molar-refractivity contribution in [1.82, 2.24) is 16.0 Å². The molecule has 0 bridgehead atoms. The maximum atomic E-state index is 12.2. The SMILES string of the molecule is CC(=O)C(C)NC(=O)C(C)NC(=O)C(C)NC(=S)c1ccccc1. The fourth-order valence-corrected chi connectivity index (χ4v) is 2.09. The Hall–Kier alpha value is -2.28. The van der Waals surface area contributed by atoms with E-state index in [1.165, 1.54) is 6.92 Å². The molecule has 0 radical (unpaired) electrons. The van der Waals surface area contributed by atoms with E-state index in [1.807, 2.05) is 30.3 Å². The zero-order chi connectivity index (χ0) is 18.3. The van der Waals surface area contributed by atoms with Crippen LogP contribution in [0.1, 0.15) is 33.3 Å². The Morgan fingerprint density at radius 3 is 1.79 bits per heavy atom. The van der Waals surface area contributed by atoms with Gasteiger partial charge in [0.25, 0.3) is 0 Å². The summed E-state index contributed by atoms with van der Waals surface area (Å²) >= 11 is 5.26. The van der Waals surface area contributed by atoms with Crippen LogP contribution in [0, 0.1) is 0 Å². The number of nitrogens with one attached hydrogen (secondary N) is 3. The summed E-state index contributed by atoms with van der Waals surface area (Å²) < 4.78 is 0. The van der Waals surface area contributed by atoms with Crippen LogP contribution in [0.5, 0.6) is 0 Å². The fourth-order valence-electron chi connectivity index (χ4n) is 1.78. The van der Waals surface area contributed by atoms with Gasteiger partial charge in [-0.15, -0.1) is 0 Å². The molecule has 6 nitrogen and oxygen atoms in total. The number of amides is 2. The first kappa shape index (κ1) is 19.8. The standard InChI is InChI=1S/C17H23N3O3S/c1-10(13(4)21)18-15(22)11(2)19-16(23)12(3)20-17(24)14-8-6-5-7-9-14/h5-12H,1-4H3,(H,18,22)(H,19,23)(H,20,24). The van der Waals surface area contributed by atoms with E-state index in [9.17, 15) is 14.4 Å². The Kier molecular flexibility index (Phi) is 7.51. The molecule has 3 atom stereocenters. The second kappa shape index (κ2) is 9.12. The maximum Gasteiger partial charge on any atom is 0.242 e. The molecule has 0 fully saturated rings. The summed E-state index contributed by atoms with van der Waals surface area (Å²) in [4.78, 5) is 35.7. The van der Waals surface area contributed by atoms with E-state index in [1.54, 1.807) is 20.8 Å². The topological polar surface area (TPSA) is 87.3 Å². The minimum Gasteiger partial charge on any atom is -0.364 e. The number of rotatable bonds is 7. The molecule has 0 aliphatic rings. The van der Waals surface area contributed by atoms with Crippen LogP contribution in [-0.4, -0.2) is 40.7 Å². The summed E-state index contributed by atoms with van der Waals surface area (Å²) in [6, 6.07) is 7.35. The molecule has 0 spiro atoms. The van der Waals surface area contributed by atoms with Crippen molar-refractivity contribution in [1.29, 1.82) is 0 Å². The lowest BCUT2D eigenvalue weighted by Gasteiger charge is -2.20. The normalized spacial score (nSPS) is 14.0. The molecule has 24 heavy (non-hydrogen) atoms. The average molecular weight is 349 g/mol. The van der Waals surface area contributed by atoms with Crippen molar-refractivity contribution in [2.45, 2.75) is 45.8 Å². The largest absolute Gasteiger partial charge is 0.364 e. The number of carbonyl (C=O) groups is 3. The summed E-state index contributed by atoms with van der Waals surface area (Å²) in [6.45, 7) is 6.21. The number of hydrogen-bond acceptors (Lipinski definition) is 4. The fraction of sp³-hybridized carbons (Fsp3) is 0.412. The molecule has 7 heteroatoms. The summed E-state index contributed by atoms with van der Waals surface area (Å²) in [5.41, 5.74) is 0.813. The number of thiocarbonyl (C=S) groups is 1. The third-order valence-electron chi connectivity index (χ3n) is 3.50. The van der Waals surface area contributed by atoms with Crippen molar-refractivity contribution in [3.05, 3.63) is 35.9 Å². The van der Waals surface area contributed by atoms with Gasteiger partial charge < -0.3 is 16.0 Å². The van der Waals surface area contributed by atoms with Gasteiger partial charge in [0, 0.05) is 5.56 Å². The molecule has 2 amide bonds. The van der Waals surface area contributed by atoms with E-state index >= 15 is 0 Å². The van der Waals surface area contributed by atoms with Gasteiger partial charge in [-0.1, -0.05) is 42.5 Å². The van der Waals surface area contributed by atoms with Crippen molar-refractivity contribution in [2.24, 2.45) is 0 Å². The molecule has 1 rings (SSSR count). The molecule has 0 aliphatic carbocycles. The number of Topliss-reactive ketones (excluding diaryl/α,β-unsaturated/α-hetero) is 1. The highest BCUT2D eigenvalue weighted by molar-refractivity contribution is 7.80. The Bertz CT molecular complexity index is 619. The second-order valence-corrected chi connectivity index (χ2v) is 6.04. The van der Waals surface area contributed by atoms with E-state index < -0.39 is 24.0 Å². The predicted molar refractivity (Wildman–Crippen MR) is 96.6 cm³/mol. The first-order valence-electron chi connectivity index (χ1n) is 7.69. The minimum absolute atomic E-state index is 0.148. The van der Waals surface area contributed by atoms with Crippen LogP contribution in [-0.2, 0) is 14.4 Å². The molecule has 3 unspecified atom stereocenters. The highest BCUT2D eigenvalue weighted by atomic mass is 32.1. The van der Waals surface area contributed by atoms with Crippen molar-refractivity contribution in [3.63, 3.8) is 0 Å². The van der Waals surface area contributed by atoms with Crippen LogP contribution in [0.2, 0.25) is 0 Å². The average Bonchev–Trinajstić information content (AvgIpc) is 2.55. The zero-order valence-electron chi connectivity index (χ0n) is 14.3. The van der Waals surface area contributed by atoms with E-state index in [-0.39, 0.29) is 11.7 Å². The van der Waals surface area contributed by atoms with Crippen LogP contribution in [0.3, 0.4) is 0 Å². The Labute approximate surface area is 147 Å². The summed E-state index contributed by atoms with van der Waals surface area (Å²) in [7, 11) is 0. The monoisotopic (exact) mass is 349 g/mol. The lowest BCUT2D eigenvalue weighted by Crippen LogP contribution is -2.53. The number of hydrogen-bond donors (Lipinski definition) is 3. The molecular weight excluding hydrogens is 326 g/mol. The smallest absolute Gasteiger partial charge is 0.242 e. The van der Waals surface area contributed by atoms with Crippen LogP contribution >= 0.6 is 12.2 Å². The van der Waals surface area contributed by atoms with E-state index in [0.29, 0.717) is 4.99 Å². The van der Waals surface area contributed by atoms with Crippen molar-refractivity contribution in [3.8, 4) is 0 Å². The molecule has 3 N–H and O–H groups in total. The number of carbonyl (C=O) groups excluding carboxylic acids is 3. The van der Waals surface area contributed by atoms with Crippen molar-refractivity contribution in [2.75, 3.05) is 0 Å². The van der Waals surface area contributed by atoms with Gasteiger partial charge in [-0.05, 0) is 27.7 Å². The quantitative estimate of drug-likeness (QED) is 0.638. The van der Waals surface area contributed by atoms with Gasteiger partial charge in [-0.25, -0.2) is 0 Å². The van der Waals surface area contributed by atoms with Gasteiger partial charge in [0.15, 0.2) is 5.78 Å². The van der Waals surface area contributed by atoms with Crippen LogP contribution < -0.4 is 16.0 Å². The third kappa shape index (κ3) is 6.08. The van der Waals surface area contributed by atoms with Gasteiger partial charge in [0.05, 0.1) is 6.04 Å². The first-order valence-corrected chi connectivity index (χ1v) is 8.10. The summed E-state index contributed by atoms with van der Waals surface area (Å²) in [5, 5.41) is 8.07. The van der Waals surface area contributed by atoms with E-state index in [2.05, 4.69) is 16.0 Å². The maximum absolute atomic E-state index is 12.2. The van der Waals surface area contributed by atoms with Crippen LogP contribution in [0.15, 0.2) is 30.3 Å². The molecule has 0 aromatic heterocycles. The van der Waals surface area contributed by atoms with Gasteiger partial charge in [0.2, 0.25) is 11.8 Å². The first-order chi connectivity index (χ1) is 11.2. The van der Waals surface area contributed by atoms with Gasteiger partial charge in [-0.3, -0.25) is 14.4 Å². The highest BCUT2D eigenvalue weighted by Crippen LogP contribution is 2.00. The molecule has 1 aromatic carbocycles. The number of ketones is 1. The Morgan fingerprint density at radius 2 is 1.29 bits per heavy atom. The molecule has 0 saturated carbocycles. The van der Waals surface area contributed by atoms with Crippen molar-refractivity contribution < 1.29 is 14.4 Å². The summed E-state index contributed by atoms with van der Waals surface area (Å²) in [5.74, 6) is -0.916. The lowest BCUT2D eigenvalue weighted by molar-refractivity contribution is -0.131. The van der Waals surface area contributed by atoms with Crippen molar-refractivity contribution >= 4 is 34.8 Å². The molecular formula is C17H23N3O3S. The molecule has 0 saturated heterocycles.